The minimum atomic E-state index is -0.752. The number of rotatable bonds is 4. The highest BCUT2D eigenvalue weighted by molar-refractivity contribution is 6.01. The van der Waals surface area contributed by atoms with Gasteiger partial charge in [-0.05, 0) is 47.4 Å². The zero-order chi connectivity index (χ0) is 19.0. The first kappa shape index (κ1) is 17.7. The van der Waals surface area contributed by atoms with Gasteiger partial charge < -0.3 is 0 Å². The zero-order valence-electron chi connectivity index (χ0n) is 15.1. The lowest BCUT2D eigenvalue weighted by Gasteiger charge is -2.16. The van der Waals surface area contributed by atoms with E-state index in [1.165, 1.54) is 19.1 Å². The average molecular weight is 366 g/mol. The fourth-order valence-electron chi connectivity index (χ4n) is 3.61. The van der Waals surface area contributed by atoms with E-state index in [9.17, 15) is 13.6 Å². The smallest absolute Gasteiger partial charge is 0.178 e. The predicted molar refractivity (Wildman–Crippen MR) is 102 cm³/mol. The van der Waals surface area contributed by atoms with E-state index in [0.717, 1.165) is 34.1 Å². The number of ketones is 1. The number of halogens is 2. The Balaban J connectivity index is 1.78. The first-order valence-corrected chi connectivity index (χ1v) is 9.06. The molecule has 0 spiro atoms. The van der Waals surface area contributed by atoms with Gasteiger partial charge in [-0.2, -0.15) is 0 Å². The normalized spacial score (nSPS) is 17.5. The molecular formula is C22H20F2N2O. The Labute approximate surface area is 156 Å². The lowest BCUT2D eigenvalue weighted by atomic mass is 9.98. The first-order valence-electron chi connectivity index (χ1n) is 9.06. The summed E-state index contributed by atoms with van der Waals surface area (Å²) in [6, 6.07) is 13.9. The van der Waals surface area contributed by atoms with Crippen LogP contribution in [0.4, 0.5) is 8.78 Å². The van der Waals surface area contributed by atoms with Gasteiger partial charge in [-0.1, -0.05) is 24.3 Å². The maximum atomic E-state index is 13.4. The quantitative estimate of drug-likeness (QED) is 0.623. The van der Waals surface area contributed by atoms with E-state index in [4.69, 9.17) is 0 Å². The molecule has 1 aromatic heterocycles. The van der Waals surface area contributed by atoms with E-state index in [0.29, 0.717) is 25.2 Å². The van der Waals surface area contributed by atoms with Crippen LogP contribution in [0.15, 0.2) is 48.5 Å². The third kappa shape index (κ3) is 3.74. The number of hydrogen-bond donors (Lipinski definition) is 0. The third-order valence-corrected chi connectivity index (χ3v) is 5.01. The second-order valence-corrected chi connectivity index (χ2v) is 7.09. The topological polar surface area (TPSA) is 33.2 Å². The van der Waals surface area contributed by atoms with Crippen molar-refractivity contribution in [1.82, 2.24) is 9.88 Å². The molecule has 2 heterocycles. The molecule has 4 rings (SSSR count). The molecule has 5 heteroatoms. The van der Waals surface area contributed by atoms with Crippen molar-refractivity contribution in [2.24, 2.45) is 0 Å². The van der Waals surface area contributed by atoms with Crippen molar-refractivity contribution >= 4 is 16.7 Å². The summed E-state index contributed by atoms with van der Waals surface area (Å²) in [6.07, 6.45) is -0.173. The van der Waals surface area contributed by atoms with Crippen molar-refractivity contribution in [1.29, 1.82) is 0 Å². The number of fused-ring (bicyclic) bond motifs is 1. The largest absolute Gasteiger partial charge is 0.296 e. The van der Waals surface area contributed by atoms with E-state index >= 15 is 0 Å². The SMILES string of the molecule is CC(=O)c1cc(-c2ccc(F)cc2)c2ccc(CN3CC[C@@H](F)C3)cc2n1. The molecule has 3 nitrogen and oxygen atoms in total. The van der Waals surface area contributed by atoms with E-state index < -0.39 is 6.17 Å². The van der Waals surface area contributed by atoms with Crippen LogP contribution in [0.3, 0.4) is 0 Å². The molecule has 3 aromatic rings. The van der Waals surface area contributed by atoms with E-state index in [1.54, 1.807) is 18.2 Å². The number of pyridine rings is 1. The summed E-state index contributed by atoms with van der Waals surface area (Å²) < 4.78 is 26.7. The molecule has 0 amide bonds. The lowest BCUT2D eigenvalue weighted by Crippen LogP contribution is -2.20. The van der Waals surface area contributed by atoms with Crippen LogP contribution < -0.4 is 0 Å². The van der Waals surface area contributed by atoms with Crippen LogP contribution in [0.25, 0.3) is 22.0 Å². The summed E-state index contributed by atoms with van der Waals surface area (Å²) in [5.74, 6) is -0.423. The molecule has 0 unspecified atom stereocenters. The van der Waals surface area contributed by atoms with Crippen LogP contribution in [0.2, 0.25) is 0 Å². The van der Waals surface area contributed by atoms with Crippen molar-refractivity contribution in [3.05, 3.63) is 65.6 Å². The fraction of sp³-hybridized carbons (Fsp3) is 0.273. The molecule has 0 bridgehead atoms. The number of benzene rings is 2. The molecule has 0 aliphatic carbocycles. The van der Waals surface area contributed by atoms with Crippen molar-refractivity contribution in [3.63, 3.8) is 0 Å². The summed E-state index contributed by atoms with van der Waals surface area (Å²) in [5, 5.41) is 0.903. The van der Waals surface area contributed by atoms with E-state index in [1.807, 2.05) is 18.2 Å². The molecular weight excluding hydrogens is 346 g/mol. The van der Waals surface area contributed by atoms with Gasteiger partial charge in [0.05, 0.1) is 5.52 Å². The van der Waals surface area contributed by atoms with Gasteiger partial charge in [0.1, 0.15) is 17.7 Å². The number of carbonyl (C=O) groups is 1. The van der Waals surface area contributed by atoms with Gasteiger partial charge in [0.15, 0.2) is 5.78 Å². The van der Waals surface area contributed by atoms with Gasteiger partial charge in [-0.25, -0.2) is 13.8 Å². The summed E-state index contributed by atoms with van der Waals surface area (Å²) in [7, 11) is 0. The molecule has 138 valence electrons. The molecule has 27 heavy (non-hydrogen) atoms. The van der Waals surface area contributed by atoms with Crippen LogP contribution in [0, 0.1) is 5.82 Å². The maximum absolute atomic E-state index is 13.4. The summed E-state index contributed by atoms with van der Waals surface area (Å²) in [5.41, 5.74) is 3.81. The number of hydrogen-bond acceptors (Lipinski definition) is 3. The molecule has 2 aromatic carbocycles. The minimum Gasteiger partial charge on any atom is -0.296 e. The molecule has 1 aliphatic rings. The van der Waals surface area contributed by atoms with E-state index in [-0.39, 0.29) is 11.6 Å². The Morgan fingerprint density at radius 2 is 1.96 bits per heavy atom. The van der Waals surface area contributed by atoms with Crippen LogP contribution in [0.5, 0.6) is 0 Å². The van der Waals surface area contributed by atoms with Gasteiger partial charge in [-0.3, -0.25) is 9.69 Å². The van der Waals surface area contributed by atoms with Gasteiger partial charge in [-0.15, -0.1) is 0 Å². The van der Waals surface area contributed by atoms with Crippen LogP contribution >= 0.6 is 0 Å². The highest BCUT2D eigenvalue weighted by Crippen LogP contribution is 2.30. The highest BCUT2D eigenvalue weighted by atomic mass is 19.1. The summed E-state index contributed by atoms with van der Waals surface area (Å²) in [4.78, 5) is 18.6. The highest BCUT2D eigenvalue weighted by Gasteiger charge is 2.21. The first-order chi connectivity index (χ1) is 13.0. The predicted octanol–water partition coefficient (Wildman–Crippen LogP) is 4.79. The Bertz CT molecular complexity index is 1000. The number of aromatic nitrogens is 1. The minimum absolute atomic E-state index is 0.120. The van der Waals surface area contributed by atoms with Crippen molar-refractivity contribution in [2.75, 3.05) is 13.1 Å². The molecule has 1 aliphatic heterocycles. The number of likely N-dealkylation sites (tertiary alicyclic amines) is 1. The van der Waals surface area contributed by atoms with Gasteiger partial charge in [0.25, 0.3) is 0 Å². The summed E-state index contributed by atoms with van der Waals surface area (Å²) >= 11 is 0. The Morgan fingerprint density at radius 3 is 2.63 bits per heavy atom. The molecule has 1 atom stereocenters. The average Bonchev–Trinajstić information content (AvgIpc) is 3.06. The lowest BCUT2D eigenvalue weighted by molar-refractivity contribution is 0.101. The van der Waals surface area contributed by atoms with Crippen LogP contribution in [0.1, 0.15) is 29.4 Å². The molecule has 1 fully saturated rings. The fourth-order valence-corrected chi connectivity index (χ4v) is 3.61. The monoisotopic (exact) mass is 366 g/mol. The van der Waals surface area contributed by atoms with Gasteiger partial charge in [0, 0.05) is 31.9 Å². The molecule has 0 N–H and O–H groups in total. The third-order valence-electron chi connectivity index (χ3n) is 5.01. The second kappa shape index (κ2) is 7.16. The van der Waals surface area contributed by atoms with Crippen molar-refractivity contribution < 1.29 is 13.6 Å². The standard InChI is InChI=1S/C22H20F2N2O/c1-14(27)21-11-20(16-3-5-17(23)6-4-16)19-7-2-15(10-22(19)25-21)12-26-9-8-18(24)13-26/h2-7,10-11,18H,8-9,12-13H2,1H3/t18-/m1/s1. The number of Topliss-reactive ketones (excluding diaryl/α,β-unsaturated/α-hetero) is 1. The Hall–Kier alpha value is -2.66. The van der Waals surface area contributed by atoms with Crippen LogP contribution in [-0.4, -0.2) is 34.9 Å². The Morgan fingerprint density at radius 1 is 1.19 bits per heavy atom. The summed E-state index contributed by atoms with van der Waals surface area (Å²) in [6.45, 7) is 3.35. The number of alkyl halides is 1. The van der Waals surface area contributed by atoms with Crippen molar-refractivity contribution in [2.45, 2.75) is 26.1 Å². The Kier molecular flexibility index (Phi) is 4.70. The zero-order valence-corrected chi connectivity index (χ0v) is 15.1. The van der Waals surface area contributed by atoms with E-state index in [2.05, 4.69) is 9.88 Å². The van der Waals surface area contributed by atoms with Gasteiger partial charge in [0.2, 0.25) is 0 Å². The molecule has 0 radical (unpaired) electrons. The van der Waals surface area contributed by atoms with Crippen molar-refractivity contribution in [3.8, 4) is 11.1 Å². The molecule has 0 saturated carbocycles. The molecule has 1 saturated heterocycles. The number of carbonyl (C=O) groups excluding carboxylic acids is 1. The second-order valence-electron chi connectivity index (χ2n) is 7.09. The number of nitrogens with zero attached hydrogens (tertiary/aromatic N) is 2. The van der Waals surface area contributed by atoms with Gasteiger partial charge >= 0.3 is 0 Å². The van der Waals surface area contributed by atoms with Crippen LogP contribution in [-0.2, 0) is 6.54 Å². The maximum Gasteiger partial charge on any atom is 0.178 e.